The van der Waals surface area contributed by atoms with Crippen LogP contribution in [0.2, 0.25) is 5.02 Å². The molecule has 0 fully saturated rings. The number of sulfonamides is 1. The lowest BCUT2D eigenvalue weighted by molar-refractivity contribution is 0.601. The first-order valence-electron chi connectivity index (χ1n) is 5.11. The molecule has 0 aromatic heterocycles. The predicted molar refractivity (Wildman–Crippen MR) is 73.1 cm³/mol. The largest absolute Gasteiger partial charge is 0.399 e. The van der Waals surface area contributed by atoms with Crippen molar-refractivity contribution in [3.05, 3.63) is 53.6 Å². The summed E-state index contributed by atoms with van der Waals surface area (Å²) >= 11 is 5.81. The second-order valence-corrected chi connectivity index (χ2v) is 5.81. The van der Waals surface area contributed by atoms with Crippen molar-refractivity contribution in [3.8, 4) is 0 Å². The van der Waals surface area contributed by atoms with Gasteiger partial charge in [-0.2, -0.15) is 0 Å². The first-order valence-corrected chi connectivity index (χ1v) is 6.97. The fourth-order valence-corrected chi connectivity index (χ4v) is 2.79. The van der Waals surface area contributed by atoms with E-state index >= 15 is 0 Å². The van der Waals surface area contributed by atoms with Crippen LogP contribution in [0.4, 0.5) is 11.4 Å². The summed E-state index contributed by atoms with van der Waals surface area (Å²) in [5.41, 5.74) is 6.33. The summed E-state index contributed by atoms with van der Waals surface area (Å²) in [6.45, 7) is 0. The number of hydrogen-bond acceptors (Lipinski definition) is 3. The highest BCUT2D eigenvalue weighted by atomic mass is 35.5. The Morgan fingerprint density at radius 3 is 2.33 bits per heavy atom. The van der Waals surface area contributed by atoms with Gasteiger partial charge in [0, 0.05) is 10.7 Å². The van der Waals surface area contributed by atoms with E-state index in [-0.39, 0.29) is 4.90 Å². The normalized spacial score (nSPS) is 11.2. The van der Waals surface area contributed by atoms with E-state index in [0.29, 0.717) is 16.4 Å². The van der Waals surface area contributed by atoms with Crippen LogP contribution in [0, 0.1) is 0 Å². The molecule has 0 heterocycles. The molecule has 0 atom stereocenters. The third kappa shape index (κ3) is 2.94. The number of anilines is 2. The molecule has 0 spiro atoms. The third-order valence-electron chi connectivity index (χ3n) is 2.23. The van der Waals surface area contributed by atoms with Crippen molar-refractivity contribution in [2.75, 3.05) is 10.5 Å². The van der Waals surface area contributed by atoms with Crippen LogP contribution < -0.4 is 10.5 Å². The maximum absolute atomic E-state index is 12.0. The predicted octanol–water partition coefficient (Wildman–Crippen LogP) is 2.72. The van der Waals surface area contributed by atoms with Crippen LogP contribution in [0.3, 0.4) is 0 Å². The monoisotopic (exact) mass is 282 g/mol. The van der Waals surface area contributed by atoms with Crippen LogP contribution >= 0.6 is 11.6 Å². The molecule has 6 heteroatoms. The van der Waals surface area contributed by atoms with Crippen LogP contribution in [0.5, 0.6) is 0 Å². The molecule has 2 rings (SSSR count). The molecule has 0 bridgehead atoms. The maximum Gasteiger partial charge on any atom is 0.261 e. The Hall–Kier alpha value is -1.72. The van der Waals surface area contributed by atoms with Crippen molar-refractivity contribution in [3.63, 3.8) is 0 Å². The molecular formula is C12H11ClN2O2S. The number of hydrogen-bond donors (Lipinski definition) is 2. The van der Waals surface area contributed by atoms with E-state index in [1.54, 1.807) is 24.3 Å². The zero-order valence-electron chi connectivity index (χ0n) is 9.30. The fraction of sp³-hybridized carbons (Fsp3) is 0. The summed E-state index contributed by atoms with van der Waals surface area (Å²) in [7, 11) is -3.61. The van der Waals surface area contributed by atoms with E-state index in [1.165, 1.54) is 24.3 Å². The maximum atomic E-state index is 12.0. The summed E-state index contributed by atoms with van der Waals surface area (Å²) < 4.78 is 26.5. The van der Waals surface area contributed by atoms with E-state index in [2.05, 4.69) is 4.72 Å². The van der Waals surface area contributed by atoms with Gasteiger partial charge in [-0.1, -0.05) is 29.8 Å². The van der Waals surface area contributed by atoms with Gasteiger partial charge in [0.05, 0.1) is 10.6 Å². The Kier molecular flexibility index (Phi) is 3.45. The highest BCUT2D eigenvalue weighted by Gasteiger charge is 2.13. The van der Waals surface area contributed by atoms with Crippen molar-refractivity contribution in [2.24, 2.45) is 0 Å². The molecule has 2 aromatic rings. The third-order valence-corrected chi connectivity index (χ3v) is 3.84. The number of benzene rings is 2. The molecule has 0 saturated carbocycles. The highest BCUT2D eigenvalue weighted by molar-refractivity contribution is 7.92. The topological polar surface area (TPSA) is 72.2 Å². The van der Waals surface area contributed by atoms with E-state index in [9.17, 15) is 8.42 Å². The molecular weight excluding hydrogens is 272 g/mol. The zero-order valence-corrected chi connectivity index (χ0v) is 10.9. The lowest BCUT2D eigenvalue weighted by Gasteiger charge is -2.09. The quantitative estimate of drug-likeness (QED) is 0.850. The number of halogens is 1. The Labute approximate surface area is 110 Å². The number of nitrogens with one attached hydrogen (secondary N) is 1. The number of nitrogens with two attached hydrogens (primary N) is 1. The lowest BCUT2D eigenvalue weighted by Crippen LogP contribution is -2.12. The molecule has 18 heavy (non-hydrogen) atoms. The van der Waals surface area contributed by atoms with E-state index in [1.807, 2.05) is 0 Å². The van der Waals surface area contributed by atoms with Gasteiger partial charge in [-0.05, 0) is 30.3 Å². The van der Waals surface area contributed by atoms with Gasteiger partial charge in [0.2, 0.25) is 0 Å². The van der Waals surface area contributed by atoms with Gasteiger partial charge in [-0.25, -0.2) is 8.42 Å². The molecule has 0 amide bonds. The Morgan fingerprint density at radius 2 is 1.72 bits per heavy atom. The van der Waals surface area contributed by atoms with Gasteiger partial charge in [0.1, 0.15) is 0 Å². The summed E-state index contributed by atoms with van der Waals surface area (Å²) in [5.74, 6) is 0. The van der Waals surface area contributed by atoms with Crippen molar-refractivity contribution >= 4 is 33.0 Å². The van der Waals surface area contributed by atoms with Gasteiger partial charge >= 0.3 is 0 Å². The van der Waals surface area contributed by atoms with E-state index in [0.717, 1.165) is 0 Å². The second kappa shape index (κ2) is 4.88. The van der Waals surface area contributed by atoms with E-state index in [4.69, 9.17) is 17.3 Å². The minimum Gasteiger partial charge on any atom is -0.399 e. The first kappa shape index (κ1) is 12.7. The van der Waals surface area contributed by atoms with Crippen molar-refractivity contribution < 1.29 is 8.42 Å². The number of rotatable bonds is 3. The van der Waals surface area contributed by atoms with Gasteiger partial charge in [-0.15, -0.1) is 0 Å². The molecule has 3 N–H and O–H groups in total. The molecule has 4 nitrogen and oxygen atoms in total. The summed E-state index contributed by atoms with van der Waals surface area (Å²) in [6.07, 6.45) is 0. The van der Waals surface area contributed by atoms with Crippen LogP contribution in [-0.2, 0) is 10.0 Å². The SMILES string of the molecule is Nc1cc(Cl)cc(NS(=O)(=O)c2ccccc2)c1. The van der Waals surface area contributed by atoms with Crippen molar-refractivity contribution in [2.45, 2.75) is 4.90 Å². The molecule has 0 aliphatic heterocycles. The minimum atomic E-state index is -3.61. The standard InChI is InChI=1S/C12H11ClN2O2S/c13-9-6-10(14)8-11(7-9)15-18(16,17)12-4-2-1-3-5-12/h1-8,15H,14H2. The summed E-state index contributed by atoms with van der Waals surface area (Å²) in [5, 5.41) is 0.376. The molecule has 0 aliphatic carbocycles. The molecule has 0 radical (unpaired) electrons. The summed E-state index contributed by atoms with van der Waals surface area (Å²) in [6, 6.07) is 12.6. The zero-order chi connectivity index (χ0) is 13.2. The molecule has 2 aromatic carbocycles. The van der Waals surface area contributed by atoms with Crippen LogP contribution in [0.25, 0.3) is 0 Å². The summed E-state index contributed by atoms with van der Waals surface area (Å²) in [4.78, 5) is 0.184. The first-order chi connectivity index (χ1) is 8.47. The molecule has 94 valence electrons. The Balaban J connectivity index is 2.34. The van der Waals surface area contributed by atoms with Gasteiger partial charge in [0.15, 0.2) is 0 Å². The Bertz CT molecular complexity index is 637. The van der Waals surface area contributed by atoms with Crippen LogP contribution in [-0.4, -0.2) is 8.42 Å². The van der Waals surface area contributed by atoms with Gasteiger partial charge < -0.3 is 5.73 Å². The Morgan fingerprint density at radius 1 is 1.06 bits per heavy atom. The molecule has 0 unspecified atom stereocenters. The lowest BCUT2D eigenvalue weighted by atomic mass is 10.3. The van der Waals surface area contributed by atoms with Gasteiger partial charge in [-0.3, -0.25) is 4.72 Å². The number of nitrogen functional groups attached to an aromatic ring is 1. The molecule has 0 aliphatic rings. The molecule has 0 saturated heterocycles. The highest BCUT2D eigenvalue weighted by Crippen LogP contribution is 2.23. The smallest absolute Gasteiger partial charge is 0.261 e. The fourth-order valence-electron chi connectivity index (χ4n) is 1.48. The minimum absolute atomic E-state index is 0.184. The average Bonchev–Trinajstić information content (AvgIpc) is 2.28. The van der Waals surface area contributed by atoms with Gasteiger partial charge in [0.25, 0.3) is 10.0 Å². The average molecular weight is 283 g/mol. The second-order valence-electron chi connectivity index (χ2n) is 3.69. The van der Waals surface area contributed by atoms with Crippen molar-refractivity contribution in [1.82, 2.24) is 0 Å². The van der Waals surface area contributed by atoms with E-state index < -0.39 is 10.0 Å². The van der Waals surface area contributed by atoms with Crippen LogP contribution in [0.15, 0.2) is 53.4 Å². The van der Waals surface area contributed by atoms with Crippen molar-refractivity contribution in [1.29, 1.82) is 0 Å². The van der Waals surface area contributed by atoms with Crippen LogP contribution in [0.1, 0.15) is 0 Å².